The van der Waals surface area contributed by atoms with Crippen molar-refractivity contribution >= 4 is 6.29 Å². The summed E-state index contributed by atoms with van der Waals surface area (Å²) in [5.74, 6) is 1.88. The monoisotopic (exact) mass is 418 g/mol. The van der Waals surface area contributed by atoms with E-state index >= 15 is 0 Å². The quantitative estimate of drug-likeness (QED) is 0.277. The molecule has 0 bridgehead atoms. The van der Waals surface area contributed by atoms with Gasteiger partial charge in [0.05, 0.1) is 0 Å². The van der Waals surface area contributed by atoms with Gasteiger partial charge in [-0.15, -0.1) is 0 Å². The number of aldehydes is 1. The van der Waals surface area contributed by atoms with Gasteiger partial charge in [0, 0.05) is 12.0 Å². The molecule has 0 amide bonds. The van der Waals surface area contributed by atoms with E-state index in [1.165, 1.54) is 89.2 Å². The minimum Gasteiger partial charge on any atom is -0.303 e. The average molecular weight is 419 g/mol. The van der Waals surface area contributed by atoms with Gasteiger partial charge in [0.1, 0.15) is 17.9 Å². The topological polar surface area (TPSA) is 17.1 Å². The molecule has 0 aliphatic heterocycles. The first-order valence-electron chi connectivity index (χ1n) is 12.5. The van der Waals surface area contributed by atoms with Crippen LogP contribution in [0.1, 0.15) is 114 Å². The van der Waals surface area contributed by atoms with Crippen molar-refractivity contribution in [3.63, 3.8) is 0 Å². The Morgan fingerprint density at radius 3 is 1.73 bits per heavy atom. The third-order valence-corrected chi connectivity index (χ3v) is 7.91. The summed E-state index contributed by atoms with van der Waals surface area (Å²) in [7, 11) is 0. The first kappa shape index (κ1) is 23.4. The van der Waals surface area contributed by atoms with Gasteiger partial charge in [-0.05, 0) is 67.1 Å². The van der Waals surface area contributed by atoms with Gasteiger partial charge in [0.2, 0.25) is 0 Å². The van der Waals surface area contributed by atoms with Crippen molar-refractivity contribution in [2.45, 2.75) is 109 Å². The van der Waals surface area contributed by atoms with Crippen molar-refractivity contribution < 1.29 is 13.6 Å². The summed E-state index contributed by atoms with van der Waals surface area (Å²) < 4.78 is 28.3. The molecule has 0 unspecified atom stereocenters. The zero-order valence-electron chi connectivity index (χ0n) is 18.8. The maximum Gasteiger partial charge on any atom is 0.130 e. The number of carbonyl (C=O) groups excluding carboxylic acids is 1. The van der Waals surface area contributed by atoms with Crippen LogP contribution < -0.4 is 0 Å². The second-order valence-electron chi connectivity index (χ2n) is 10.0. The zero-order valence-corrected chi connectivity index (χ0v) is 18.8. The first-order chi connectivity index (χ1) is 14.6. The Morgan fingerprint density at radius 1 is 0.800 bits per heavy atom. The molecule has 0 saturated heterocycles. The van der Waals surface area contributed by atoms with Gasteiger partial charge in [-0.1, -0.05) is 71.1 Å². The molecule has 2 aliphatic rings. The van der Waals surface area contributed by atoms with Crippen LogP contribution in [0.3, 0.4) is 0 Å². The molecule has 168 valence electrons. The van der Waals surface area contributed by atoms with Crippen LogP contribution in [0.25, 0.3) is 0 Å². The molecule has 2 aliphatic carbocycles. The molecular formula is C27H40F2O. The second kappa shape index (κ2) is 12.0. The van der Waals surface area contributed by atoms with Crippen LogP contribution in [-0.4, -0.2) is 6.29 Å². The first-order valence-corrected chi connectivity index (χ1v) is 12.5. The minimum atomic E-state index is -0.567. The molecule has 3 rings (SSSR count). The van der Waals surface area contributed by atoms with Crippen molar-refractivity contribution in [1.29, 1.82) is 0 Å². The van der Waals surface area contributed by atoms with Gasteiger partial charge >= 0.3 is 0 Å². The predicted molar refractivity (Wildman–Crippen MR) is 120 cm³/mol. The highest BCUT2D eigenvalue weighted by atomic mass is 19.1. The zero-order chi connectivity index (χ0) is 21.3. The number of rotatable bonds is 10. The Bertz CT molecular complexity index is 632. The second-order valence-corrected chi connectivity index (χ2v) is 10.0. The molecular weight excluding hydrogens is 378 g/mol. The fourth-order valence-corrected chi connectivity index (χ4v) is 6.00. The van der Waals surface area contributed by atoms with Crippen molar-refractivity contribution in [3.05, 3.63) is 34.9 Å². The summed E-state index contributed by atoms with van der Waals surface area (Å²) in [6.45, 7) is 2.31. The molecule has 1 aromatic rings. The Balaban J connectivity index is 1.34. The van der Waals surface area contributed by atoms with Crippen LogP contribution in [0.2, 0.25) is 0 Å². The molecule has 2 fully saturated rings. The minimum absolute atomic E-state index is 0.0960. The van der Waals surface area contributed by atoms with Crippen LogP contribution in [0.4, 0.5) is 8.78 Å². The summed E-state index contributed by atoms with van der Waals surface area (Å²) in [5.41, 5.74) is 0.679. The SMILES string of the molecule is CCC[C@H]1CC[C@H](CCCC[C@H]2CC[C@H](c3cc(F)c(CC=O)c(F)c3)CC2)CC1. The van der Waals surface area contributed by atoms with Gasteiger partial charge in [0.15, 0.2) is 0 Å². The standard InChI is InChI=1S/C27H40F2O/c1-2-5-20-8-10-21(11-9-20)6-3-4-7-22-12-14-23(15-13-22)24-18-26(28)25(16-17-30)27(29)19-24/h17-23H,2-16H2,1H3/t20-,21-,22-,23-. The lowest BCUT2D eigenvalue weighted by atomic mass is 9.76. The molecule has 3 heteroatoms. The largest absolute Gasteiger partial charge is 0.303 e. The van der Waals surface area contributed by atoms with Gasteiger partial charge in [0.25, 0.3) is 0 Å². The molecule has 1 nitrogen and oxygen atoms in total. The van der Waals surface area contributed by atoms with Crippen molar-refractivity contribution in [3.8, 4) is 0 Å². The lowest BCUT2D eigenvalue weighted by Gasteiger charge is -2.30. The molecule has 0 spiro atoms. The van der Waals surface area contributed by atoms with E-state index in [1.54, 1.807) is 0 Å². The summed E-state index contributed by atoms with van der Waals surface area (Å²) in [6.07, 6.45) is 18.8. The summed E-state index contributed by atoms with van der Waals surface area (Å²) >= 11 is 0. The smallest absolute Gasteiger partial charge is 0.130 e. The molecule has 2 saturated carbocycles. The van der Waals surface area contributed by atoms with Crippen molar-refractivity contribution in [1.82, 2.24) is 0 Å². The fraction of sp³-hybridized carbons (Fsp3) is 0.741. The third-order valence-electron chi connectivity index (χ3n) is 7.91. The van der Waals surface area contributed by atoms with E-state index in [-0.39, 0.29) is 17.9 Å². The molecule has 0 radical (unpaired) electrons. The highest BCUT2D eigenvalue weighted by Gasteiger charge is 2.24. The Morgan fingerprint density at radius 2 is 1.27 bits per heavy atom. The van der Waals surface area contributed by atoms with Gasteiger partial charge in [-0.2, -0.15) is 0 Å². The normalized spacial score (nSPS) is 27.2. The number of halogens is 2. The van der Waals surface area contributed by atoms with Crippen LogP contribution in [0.5, 0.6) is 0 Å². The van der Waals surface area contributed by atoms with E-state index in [2.05, 4.69) is 6.92 Å². The summed E-state index contributed by atoms with van der Waals surface area (Å²) in [6, 6.07) is 2.92. The molecule has 0 N–H and O–H groups in total. The van der Waals surface area contributed by atoms with Gasteiger partial charge in [-0.3, -0.25) is 0 Å². The van der Waals surface area contributed by atoms with Crippen LogP contribution in [0, 0.1) is 29.4 Å². The van der Waals surface area contributed by atoms with E-state index < -0.39 is 11.6 Å². The van der Waals surface area contributed by atoms with E-state index in [1.807, 2.05) is 0 Å². The lowest BCUT2D eigenvalue weighted by Crippen LogP contribution is -2.15. The summed E-state index contributed by atoms with van der Waals surface area (Å²) in [4.78, 5) is 10.6. The van der Waals surface area contributed by atoms with Gasteiger partial charge in [-0.25, -0.2) is 8.78 Å². The van der Waals surface area contributed by atoms with Gasteiger partial charge < -0.3 is 4.79 Å². The number of hydrogen-bond donors (Lipinski definition) is 0. The van der Waals surface area contributed by atoms with Crippen molar-refractivity contribution in [2.24, 2.45) is 17.8 Å². The number of carbonyl (C=O) groups is 1. The predicted octanol–water partition coefficient (Wildman–Crippen LogP) is 8.15. The molecule has 0 heterocycles. The summed E-state index contributed by atoms with van der Waals surface area (Å²) in [5, 5.41) is 0. The Hall–Kier alpha value is -1.25. The van der Waals surface area contributed by atoms with Crippen LogP contribution in [-0.2, 0) is 11.2 Å². The molecule has 1 aromatic carbocycles. The highest BCUT2D eigenvalue weighted by Crippen LogP contribution is 2.39. The highest BCUT2D eigenvalue weighted by molar-refractivity contribution is 5.55. The lowest BCUT2D eigenvalue weighted by molar-refractivity contribution is -0.107. The molecule has 0 atom stereocenters. The van der Waals surface area contributed by atoms with E-state index in [9.17, 15) is 13.6 Å². The van der Waals surface area contributed by atoms with Crippen LogP contribution >= 0.6 is 0 Å². The molecule has 0 aromatic heterocycles. The van der Waals surface area contributed by atoms with E-state index in [4.69, 9.17) is 0 Å². The van der Waals surface area contributed by atoms with E-state index in [0.29, 0.717) is 6.29 Å². The number of hydrogen-bond acceptors (Lipinski definition) is 1. The average Bonchev–Trinajstić information content (AvgIpc) is 2.75. The Kier molecular flexibility index (Phi) is 9.33. The van der Waals surface area contributed by atoms with Crippen LogP contribution in [0.15, 0.2) is 12.1 Å². The maximum atomic E-state index is 14.1. The van der Waals surface area contributed by atoms with E-state index in [0.717, 1.165) is 36.2 Å². The third kappa shape index (κ3) is 6.62. The fourth-order valence-electron chi connectivity index (χ4n) is 6.00. The van der Waals surface area contributed by atoms with Crippen molar-refractivity contribution in [2.75, 3.05) is 0 Å². The Labute approximate surface area is 182 Å². The number of benzene rings is 1. The molecule has 30 heavy (non-hydrogen) atoms. The number of unbranched alkanes of at least 4 members (excludes halogenated alkanes) is 1. The maximum absolute atomic E-state index is 14.1.